The van der Waals surface area contributed by atoms with E-state index in [4.69, 9.17) is 0 Å². The van der Waals surface area contributed by atoms with Gasteiger partial charge in [-0.05, 0) is 31.6 Å². The summed E-state index contributed by atoms with van der Waals surface area (Å²) in [5.74, 6) is 1.01. The second-order valence-corrected chi connectivity index (χ2v) is 7.13. The molecule has 0 unspecified atom stereocenters. The van der Waals surface area contributed by atoms with E-state index in [1.54, 1.807) is 11.8 Å². The number of nitrogens with one attached hydrogen (secondary N) is 1. The van der Waals surface area contributed by atoms with Gasteiger partial charge in [-0.2, -0.15) is 11.8 Å². The number of anilines is 1. The molecule has 0 atom stereocenters. The standard InChI is InChI=1S/C13H18N2O3S2/c1-8-9(2)20-11(10(8)12(16)17)14-13(18)15-4-3-6-19-7-5-15/h3-7H2,1-2H3,(H,14,18)(H,16,17). The zero-order valence-electron chi connectivity index (χ0n) is 11.6. The number of carboxylic acids is 1. The third-order valence-electron chi connectivity index (χ3n) is 3.33. The Balaban J connectivity index is 2.15. The van der Waals surface area contributed by atoms with Crippen LogP contribution in [0.1, 0.15) is 27.2 Å². The molecule has 2 rings (SSSR count). The number of thioether (sulfide) groups is 1. The Labute approximate surface area is 126 Å². The minimum absolute atomic E-state index is 0.198. The van der Waals surface area contributed by atoms with Gasteiger partial charge in [0.1, 0.15) is 5.00 Å². The molecule has 2 amide bonds. The van der Waals surface area contributed by atoms with Gasteiger partial charge >= 0.3 is 12.0 Å². The molecule has 2 N–H and O–H groups in total. The summed E-state index contributed by atoms with van der Waals surface area (Å²) >= 11 is 3.17. The maximum atomic E-state index is 12.2. The van der Waals surface area contributed by atoms with Gasteiger partial charge in [-0.1, -0.05) is 0 Å². The molecule has 1 aromatic heterocycles. The van der Waals surface area contributed by atoms with Gasteiger partial charge in [-0.25, -0.2) is 9.59 Å². The van der Waals surface area contributed by atoms with Crippen LogP contribution in [0.5, 0.6) is 0 Å². The highest BCUT2D eigenvalue weighted by Crippen LogP contribution is 2.32. The molecule has 0 aromatic carbocycles. The highest BCUT2D eigenvalue weighted by Gasteiger charge is 2.22. The Morgan fingerprint density at radius 2 is 2.00 bits per heavy atom. The van der Waals surface area contributed by atoms with Gasteiger partial charge in [0.15, 0.2) is 0 Å². The van der Waals surface area contributed by atoms with Crippen molar-refractivity contribution in [1.82, 2.24) is 4.90 Å². The molecule has 0 radical (unpaired) electrons. The van der Waals surface area contributed by atoms with Crippen LogP contribution in [0.4, 0.5) is 9.80 Å². The second-order valence-electron chi connectivity index (χ2n) is 4.68. The summed E-state index contributed by atoms with van der Waals surface area (Å²) in [6.45, 7) is 5.07. The Morgan fingerprint density at radius 3 is 2.70 bits per heavy atom. The molecule has 7 heteroatoms. The maximum Gasteiger partial charge on any atom is 0.338 e. The van der Waals surface area contributed by atoms with Gasteiger partial charge < -0.3 is 10.0 Å². The quantitative estimate of drug-likeness (QED) is 0.880. The van der Waals surface area contributed by atoms with Crippen molar-refractivity contribution in [2.75, 3.05) is 29.9 Å². The molecule has 1 aliphatic heterocycles. The van der Waals surface area contributed by atoms with Crippen molar-refractivity contribution in [2.45, 2.75) is 20.3 Å². The molecule has 1 saturated heterocycles. The Morgan fingerprint density at radius 1 is 1.25 bits per heavy atom. The second kappa shape index (κ2) is 6.49. The zero-order chi connectivity index (χ0) is 14.7. The van der Waals surface area contributed by atoms with Gasteiger partial charge in [0.05, 0.1) is 5.56 Å². The minimum atomic E-state index is -0.992. The van der Waals surface area contributed by atoms with E-state index >= 15 is 0 Å². The number of carboxylic acid groups (broad SMARTS) is 1. The van der Waals surface area contributed by atoms with Crippen molar-refractivity contribution >= 4 is 40.1 Å². The number of thiophene rings is 1. The third-order valence-corrected chi connectivity index (χ3v) is 5.50. The molecular formula is C13H18N2O3S2. The number of aryl methyl sites for hydroxylation is 1. The van der Waals surface area contributed by atoms with Gasteiger partial charge in [0.2, 0.25) is 0 Å². The summed E-state index contributed by atoms with van der Waals surface area (Å²) in [6, 6.07) is -0.198. The largest absolute Gasteiger partial charge is 0.478 e. The van der Waals surface area contributed by atoms with Gasteiger partial charge in [-0.15, -0.1) is 11.3 Å². The first kappa shape index (κ1) is 15.2. The lowest BCUT2D eigenvalue weighted by Crippen LogP contribution is -2.36. The molecular weight excluding hydrogens is 296 g/mol. The van der Waals surface area contributed by atoms with Crippen LogP contribution in [0.3, 0.4) is 0 Å². The number of aromatic carboxylic acids is 1. The normalized spacial score (nSPS) is 15.8. The highest BCUT2D eigenvalue weighted by molar-refractivity contribution is 7.99. The zero-order valence-corrected chi connectivity index (χ0v) is 13.2. The predicted molar refractivity (Wildman–Crippen MR) is 83.3 cm³/mol. The fourth-order valence-electron chi connectivity index (χ4n) is 2.10. The fourth-order valence-corrected chi connectivity index (χ4v) is 4.03. The summed E-state index contributed by atoms with van der Waals surface area (Å²) < 4.78 is 0. The topological polar surface area (TPSA) is 69.6 Å². The van der Waals surface area contributed by atoms with Crippen LogP contribution in [0.2, 0.25) is 0 Å². The van der Waals surface area contributed by atoms with E-state index in [2.05, 4.69) is 5.32 Å². The van der Waals surface area contributed by atoms with Gasteiger partial charge in [-0.3, -0.25) is 5.32 Å². The van der Waals surface area contributed by atoms with E-state index in [1.165, 1.54) is 11.3 Å². The van der Waals surface area contributed by atoms with Crippen LogP contribution in [0, 0.1) is 13.8 Å². The van der Waals surface area contributed by atoms with E-state index < -0.39 is 5.97 Å². The molecule has 1 fully saturated rings. The monoisotopic (exact) mass is 314 g/mol. The third kappa shape index (κ3) is 3.27. The lowest BCUT2D eigenvalue weighted by atomic mass is 10.1. The SMILES string of the molecule is Cc1sc(NC(=O)N2CCCSCC2)c(C(=O)O)c1C. The van der Waals surface area contributed by atoms with E-state index in [-0.39, 0.29) is 11.6 Å². The van der Waals surface area contributed by atoms with Crippen LogP contribution in [-0.4, -0.2) is 46.6 Å². The molecule has 0 saturated carbocycles. The molecule has 0 bridgehead atoms. The van der Waals surface area contributed by atoms with E-state index in [1.807, 2.05) is 18.7 Å². The first-order valence-electron chi connectivity index (χ1n) is 6.47. The Kier molecular flexibility index (Phi) is 4.93. The summed E-state index contributed by atoms with van der Waals surface area (Å²) in [5.41, 5.74) is 0.939. The van der Waals surface area contributed by atoms with E-state index in [0.29, 0.717) is 11.5 Å². The average molecular weight is 314 g/mol. The van der Waals surface area contributed by atoms with Crippen molar-refractivity contribution < 1.29 is 14.7 Å². The minimum Gasteiger partial charge on any atom is -0.478 e. The van der Waals surface area contributed by atoms with Crippen molar-refractivity contribution in [1.29, 1.82) is 0 Å². The van der Waals surface area contributed by atoms with Crippen molar-refractivity contribution in [2.24, 2.45) is 0 Å². The fraction of sp³-hybridized carbons (Fsp3) is 0.538. The number of nitrogens with zero attached hydrogens (tertiary/aromatic N) is 1. The number of urea groups is 1. The van der Waals surface area contributed by atoms with Crippen LogP contribution in [0.15, 0.2) is 0 Å². The molecule has 5 nitrogen and oxygen atoms in total. The number of carbonyl (C=O) groups is 2. The van der Waals surface area contributed by atoms with Gasteiger partial charge in [0.25, 0.3) is 0 Å². The predicted octanol–water partition coefficient (Wildman–Crippen LogP) is 3.03. The number of hydrogen-bond acceptors (Lipinski definition) is 4. The molecule has 20 heavy (non-hydrogen) atoms. The lowest BCUT2D eigenvalue weighted by Gasteiger charge is -2.20. The molecule has 1 aromatic rings. The highest BCUT2D eigenvalue weighted by atomic mass is 32.2. The number of amides is 2. The molecule has 0 spiro atoms. The number of hydrogen-bond donors (Lipinski definition) is 2. The first-order chi connectivity index (χ1) is 9.50. The van der Waals surface area contributed by atoms with Crippen molar-refractivity contribution in [3.63, 3.8) is 0 Å². The smallest absolute Gasteiger partial charge is 0.338 e. The van der Waals surface area contributed by atoms with Crippen LogP contribution in [0.25, 0.3) is 0 Å². The summed E-state index contributed by atoms with van der Waals surface area (Å²) in [6.07, 6.45) is 0.979. The van der Waals surface area contributed by atoms with Crippen molar-refractivity contribution in [3.05, 3.63) is 16.0 Å². The summed E-state index contributed by atoms with van der Waals surface area (Å²) in [5, 5.41) is 12.5. The van der Waals surface area contributed by atoms with Gasteiger partial charge in [0, 0.05) is 23.7 Å². The molecule has 0 aliphatic carbocycles. The number of carbonyl (C=O) groups excluding carboxylic acids is 1. The molecule has 110 valence electrons. The molecule has 2 heterocycles. The number of rotatable bonds is 2. The first-order valence-corrected chi connectivity index (χ1v) is 8.44. The summed E-state index contributed by atoms with van der Waals surface area (Å²) in [7, 11) is 0. The van der Waals surface area contributed by atoms with Crippen LogP contribution < -0.4 is 5.32 Å². The van der Waals surface area contributed by atoms with Crippen LogP contribution in [-0.2, 0) is 0 Å². The average Bonchev–Trinajstić information content (AvgIpc) is 2.61. The maximum absolute atomic E-state index is 12.2. The van der Waals surface area contributed by atoms with Crippen molar-refractivity contribution in [3.8, 4) is 0 Å². The molecule has 1 aliphatic rings. The van der Waals surface area contributed by atoms with Crippen LogP contribution >= 0.6 is 23.1 Å². The van der Waals surface area contributed by atoms with E-state index in [0.717, 1.165) is 34.9 Å². The van der Waals surface area contributed by atoms with E-state index in [9.17, 15) is 14.7 Å². The lowest BCUT2D eigenvalue weighted by molar-refractivity contribution is 0.0697. The Hall–Kier alpha value is -1.21. The summed E-state index contributed by atoms with van der Waals surface area (Å²) in [4.78, 5) is 26.2. The Bertz CT molecular complexity index is 520.